The zero-order valence-corrected chi connectivity index (χ0v) is 24.9. The van der Waals surface area contributed by atoms with Crippen molar-refractivity contribution in [2.45, 2.75) is 55.9 Å². The number of likely N-dealkylation sites (tertiary alicyclic amines) is 1. The van der Waals surface area contributed by atoms with E-state index in [4.69, 9.17) is 4.74 Å². The van der Waals surface area contributed by atoms with Crippen LogP contribution in [0.5, 0.6) is 0 Å². The number of carbonyl (C=O) groups is 3. The number of piperidine rings is 1. The van der Waals surface area contributed by atoms with Crippen LogP contribution in [-0.2, 0) is 34.7 Å². The van der Waals surface area contributed by atoms with Crippen molar-refractivity contribution in [3.05, 3.63) is 65.2 Å². The van der Waals surface area contributed by atoms with Gasteiger partial charge in [-0.15, -0.1) is 0 Å². The molecule has 0 aromatic heterocycles. The van der Waals surface area contributed by atoms with E-state index in [1.54, 1.807) is 29.2 Å². The topological polar surface area (TPSA) is 125 Å². The molecule has 1 unspecified atom stereocenters. The van der Waals surface area contributed by atoms with Crippen LogP contribution in [0, 0.1) is 0 Å². The molecule has 2 aromatic rings. The molecule has 11 heteroatoms. The molecule has 0 radical (unpaired) electrons. The maximum absolute atomic E-state index is 14.5. The van der Waals surface area contributed by atoms with E-state index in [0.29, 0.717) is 50.3 Å². The quantitative estimate of drug-likeness (QED) is 0.193. The number of Topliss-reactive ketones (excluding diaryl/α,β-unsaturated/α-hetero) is 1. The van der Waals surface area contributed by atoms with Crippen molar-refractivity contribution < 1.29 is 32.6 Å². The van der Waals surface area contributed by atoms with Crippen molar-refractivity contribution in [3.63, 3.8) is 0 Å². The Morgan fingerprint density at radius 2 is 1.64 bits per heavy atom. The number of sulfonamides is 1. The molecule has 2 fully saturated rings. The second-order valence-electron chi connectivity index (χ2n) is 10.9. The van der Waals surface area contributed by atoms with Gasteiger partial charge in [-0.1, -0.05) is 38.0 Å². The Kier molecular flexibility index (Phi) is 8.54. The molecule has 1 atom stereocenters. The maximum atomic E-state index is 14.5. The fourth-order valence-electron chi connectivity index (χ4n) is 6.26. The standard InChI is InChI=1S/C31H37N3O7S/c1-3-4-19-33-25-12-7-6-11-24(25)31(30(33)38)26(28(36)29(37)34(31)20-10-21-41-2)27(35)22-13-15-23(16-14-22)42(39,40)32-17-8-5-9-18-32/h6-7,11-16,35H,3-5,8-10,17-21H2,1-2H3/b27-26+. The predicted molar refractivity (Wildman–Crippen MR) is 157 cm³/mol. The van der Waals surface area contributed by atoms with Crippen LogP contribution in [0.2, 0.25) is 0 Å². The molecule has 5 rings (SSSR count). The molecule has 42 heavy (non-hydrogen) atoms. The van der Waals surface area contributed by atoms with Crippen LogP contribution in [0.1, 0.15) is 56.6 Å². The third kappa shape index (κ3) is 4.73. The minimum atomic E-state index is -3.72. The van der Waals surface area contributed by atoms with E-state index < -0.39 is 38.9 Å². The van der Waals surface area contributed by atoms with E-state index in [1.807, 2.05) is 6.92 Å². The smallest absolute Gasteiger partial charge is 0.296 e. The lowest BCUT2D eigenvalue weighted by molar-refractivity contribution is -0.143. The molecule has 3 heterocycles. The Balaban J connectivity index is 1.65. The third-order valence-electron chi connectivity index (χ3n) is 8.36. The molecule has 0 saturated carbocycles. The summed E-state index contributed by atoms with van der Waals surface area (Å²) in [5, 5.41) is 11.7. The second-order valence-corrected chi connectivity index (χ2v) is 12.8. The average Bonchev–Trinajstić information content (AvgIpc) is 3.38. The number of unbranched alkanes of at least 4 members (excludes halogenated alkanes) is 1. The summed E-state index contributed by atoms with van der Waals surface area (Å²) in [6.07, 6.45) is 4.50. The number of hydrogen-bond donors (Lipinski definition) is 1. The number of aliphatic hydroxyl groups excluding tert-OH is 1. The highest BCUT2D eigenvalue weighted by Gasteiger charge is 2.66. The number of benzene rings is 2. The first-order chi connectivity index (χ1) is 20.2. The molecule has 0 bridgehead atoms. The zero-order valence-electron chi connectivity index (χ0n) is 24.0. The van der Waals surface area contributed by atoms with Gasteiger partial charge in [-0.3, -0.25) is 14.4 Å². The van der Waals surface area contributed by atoms with Crippen LogP contribution in [0.15, 0.2) is 59.0 Å². The number of amides is 2. The SMILES string of the molecule is CCCCN1C(=O)C2(/C(=C(/O)c3ccc(S(=O)(=O)N4CCCCC4)cc3)C(=O)C(=O)N2CCCOC)c2ccccc21. The van der Waals surface area contributed by atoms with E-state index >= 15 is 0 Å². The van der Waals surface area contributed by atoms with Gasteiger partial charge in [-0.25, -0.2) is 8.42 Å². The van der Waals surface area contributed by atoms with Crippen molar-refractivity contribution >= 4 is 39.1 Å². The Morgan fingerprint density at radius 1 is 0.952 bits per heavy atom. The summed E-state index contributed by atoms with van der Waals surface area (Å²) >= 11 is 0. The third-order valence-corrected chi connectivity index (χ3v) is 10.3. The largest absolute Gasteiger partial charge is 0.507 e. The molecule has 2 amide bonds. The van der Waals surface area contributed by atoms with Crippen molar-refractivity contribution in [3.8, 4) is 0 Å². The van der Waals surface area contributed by atoms with Gasteiger partial charge in [0.05, 0.1) is 16.2 Å². The number of fused-ring (bicyclic) bond motifs is 2. The van der Waals surface area contributed by atoms with Gasteiger partial charge in [0.1, 0.15) is 5.76 Å². The first-order valence-electron chi connectivity index (χ1n) is 14.5. The highest BCUT2D eigenvalue weighted by Crippen LogP contribution is 2.53. The molecule has 3 aliphatic heterocycles. The van der Waals surface area contributed by atoms with E-state index in [2.05, 4.69) is 0 Å². The summed E-state index contributed by atoms with van der Waals surface area (Å²) in [4.78, 5) is 44.7. The average molecular weight is 596 g/mol. The van der Waals surface area contributed by atoms with Crippen LogP contribution in [0.25, 0.3) is 5.76 Å². The number of nitrogens with zero attached hydrogens (tertiary/aromatic N) is 3. The normalized spacial score (nSPS) is 22.4. The van der Waals surface area contributed by atoms with Gasteiger partial charge >= 0.3 is 0 Å². The van der Waals surface area contributed by atoms with Crippen molar-refractivity contribution in [1.29, 1.82) is 0 Å². The van der Waals surface area contributed by atoms with Gasteiger partial charge in [0.2, 0.25) is 10.0 Å². The summed E-state index contributed by atoms with van der Waals surface area (Å²) in [6.45, 7) is 3.67. The number of para-hydroxylation sites is 1. The molecule has 0 aliphatic carbocycles. The number of methoxy groups -OCH3 is 1. The van der Waals surface area contributed by atoms with Crippen LogP contribution >= 0.6 is 0 Å². The number of rotatable bonds is 10. The van der Waals surface area contributed by atoms with Gasteiger partial charge in [0.25, 0.3) is 17.6 Å². The monoisotopic (exact) mass is 595 g/mol. The van der Waals surface area contributed by atoms with Gasteiger partial charge < -0.3 is 19.6 Å². The summed E-state index contributed by atoms with van der Waals surface area (Å²) in [5.41, 5.74) is -0.987. The van der Waals surface area contributed by atoms with Crippen molar-refractivity contribution in [1.82, 2.24) is 9.21 Å². The minimum absolute atomic E-state index is 0.0594. The molecule has 1 spiro atoms. The van der Waals surface area contributed by atoms with Crippen LogP contribution in [-0.4, -0.2) is 80.2 Å². The van der Waals surface area contributed by atoms with Gasteiger partial charge in [0, 0.05) is 51.0 Å². The highest BCUT2D eigenvalue weighted by molar-refractivity contribution is 7.89. The molecular formula is C31H37N3O7S. The van der Waals surface area contributed by atoms with E-state index in [0.717, 1.165) is 25.7 Å². The molecule has 2 aromatic carbocycles. The summed E-state index contributed by atoms with van der Waals surface area (Å²) < 4.78 is 33.0. The van der Waals surface area contributed by atoms with E-state index in [1.165, 1.54) is 40.6 Å². The molecule has 2 saturated heterocycles. The van der Waals surface area contributed by atoms with E-state index in [-0.39, 0.29) is 22.6 Å². The molecule has 1 N–H and O–H groups in total. The molecular weight excluding hydrogens is 558 g/mol. The zero-order chi connectivity index (χ0) is 30.1. The number of aliphatic hydroxyl groups is 1. The fourth-order valence-corrected chi connectivity index (χ4v) is 7.77. The van der Waals surface area contributed by atoms with Crippen molar-refractivity contribution in [2.24, 2.45) is 0 Å². The van der Waals surface area contributed by atoms with Gasteiger partial charge in [-0.05, 0) is 56.0 Å². The van der Waals surface area contributed by atoms with Gasteiger partial charge in [-0.2, -0.15) is 4.31 Å². The lowest BCUT2D eigenvalue weighted by atomic mass is 9.82. The summed E-state index contributed by atoms with van der Waals surface area (Å²) in [7, 11) is -2.19. The summed E-state index contributed by atoms with van der Waals surface area (Å²) in [5.74, 6) is -2.84. The predicted octanol–water partition coefficient (Wildman–Crippen LogP) is 3.62. The molecule has 10 nitrogen and oxygen atoms in total. The first kappa shape index (κ1) is 29.9. The highest BCUT2D eigenvalue weighted by atomic mass is 32.2. The number of ether oxygens (including phenoxy) is 1. The fraction of sp³-hybridized carbons (Fsp3) is 0.452. The minimum Gasteiger partial charge on any atom is -0.507 e. The lowest BCUT2D eigenvalue weighted by Crippen LogP contribution is -2.52. The summed E-state index contributed by atoms with van der Waals surface area (Å²) in [6, 6.07) is 12.6. The van der Waals surface area contributed by atoms with Crippen LogP contribution in [0.4, 0.5) is 5.69 Å². The van der Waals surface area contributed by atoms with Crippen molar-refractivity contribution in [2.75, 3.05) is 44.8 Å². The number of anilines is 1. The molecule has 3 aliphatic rings. The second kappa shape index (κ2) is 12.0. The maximum Gasteiger partial charge on any atom is 0.296 e. The van der Waals surface area contributed by atoms with E-state index in [9.17, 15) is 27.9 Å². The lowest BCUT2D eigenvalue weighted by Gasteiger charge is -2.34. The Hall–Kier alpha value is -3.54. The van der Waals surface area contributed by atoms with Gasteiger partial charge in [0.15, 0.2) is 5.54 Å². The van der Waals surface area contributed by atoms with Crippen LogP contribution < -0.4 is 4.90 Å². The number of ketones is 1. The molecule has 224 valence electrons. The van der Waals surface area contributed by atoms with Crippen LogP contribution in [0.3, 0.4) is 0 Å². The Labute approximate surface area is 246 Å². The Morgan fingerprint density at radius 3 is 2.31 bits per heavy atom. The first-order valence-corrected chi connectivity index (χ1v) is 16.0. The number of carbonyl (C=O) groups excluding carboxylic acids is 3. The number of hydrogen-bond acceptors (Lipinski definition) is 7. The Bertz CT molecular complexity index is 1510.